The van der Waals surface area contributed by atoms with Crippen LogP contribution in [0.4, 0.5) is 24.8 Å². The maximum atomic E-state index is 12.5. The lowest BCUT2D eigenvalue weighted by Gasteiger charge is -2.34. The average Bonchev–Trinajstić information content (AvgIpc) is 2.29. The second kappa shape index (κ2) is 4.36. The van der Waals surface area contributed by atoms with Gasteiger partial charge in [0.05, 0.1) is 0 Å². The van der Waals surface area contributed by atoms with Crippen LogP contribution < -0.4 is 16.0 Å². The number of anilines is 2. The van der Waals surface area contributed by atoms with Crippen molar-refractivity contribution in [3.8, 4) is 0 Å². The topological polar surface area (TPSA) is 67.1 Å². The molecule has 1 aromatic heterocycles. The fourth-order valence-electron chi connectivity index (χ4n) is 1.68. The standard InChI is InChI=1S/C9H12F3N5/c10-9(11,12)6-5-17(4-3-14-6)8-2-1-7(13)15-16-8/h1-2,6,14H,3-5H2,(H2,13,15)/t6-/m1/s1. The van der Waals surface area contributed by atoms with Crippen LogP contribution in [0.15, 0.2) is 12.1 Å². The molecule has 0 bridgehead atoms. The molecule has 0 aromatic carbocycles. The lowest BCUT2D eigenvalue weighted by molar-refractivity contribution is -0.155. The van der Waals surface area contributed by atoms with E-state index in [-0.39, 0.29) is 18.9 Å². The first-order valence-corrected chi connectivity index (χ1v) is 5.11. The molecule has 0 radical (unpaired) electrons. The van der Waals surface area contributed by atoms with Crippen molar-refractivity contribution in [1.82, 2.24) is 15.5 Å². The third-order valence-corrected chi connectivity index (χ3v) is 2.57. The van der Waals surface area contributed by atoms with Crippen LogP contribution in [0.1, 0.15) is 0 Å². The first-order chi connectivity index (χ1) is 7.97. The number of alkyl halides is 3. The monoisotopic (exact) mass is 247 g/mol. The van der Waals surface area contributed by atoms with Gasteiger partial charge in [-0.15, -0.1) is 10.2 Å². The SMILES string of the molecule is Nc1ccc(N2CCN[C@@H](C(F)(F)F)C2)nn1. The summed E-state index contributed by atoms with van der Waals surface area (Å²) in [7, 11) is 0. The van der Waals surface area contributed by atoms with Gasteiger partial charge in [0.1, 0.15) is 11.9 Å². The largest absolute Gasteiger partial charge is 0.405 e. The Bertz CT molecular complexity index is 377. The van der Waals surface area contributed by atoms with Gasteiger partial charge in [-0.1, -0.05) is 0 Å². The number of nitrogens with two attached hydrogens (primary N) is 1. The van der Waals surface area contributed by atoms with Gasteiger partial charge in [0.25, 0.3) is 0 Å². The summed E-state index contributed by atoms with van der Waals surface area (Å²) >= 11 is 0. The summed E-state index contributed by atoms with van der Waals surface area (Å²) in [6.07, 6.45) is -4.25. The van der Waals surface area contributed by atoms with Gasteiger partial charge in [0.2, 0.25) is 0 Å². The molecule has 2 heterocycles. The Labute approximate surface area is 95.8 Å². The van der Waals surface area contributed by atoms with Crippen molar-refractivity contribution >= 4 is 11.6 Å². The first kappa shape index (κ1) is 11.9. The summed E-state index contributed by atoms with van der Waals surface area (Å²) in [5, 5.41) is 9.83. The van der Waals surface area contributed by atoms with Crippen LogP contribution in [0.3, 0.4) is 0 Å². The minimum Gasteiger partial charge on any atom is -0.382 e. The van der Waals surface area contributed by atoms with Crippen molar-refractivity contribution in [3.05, 3.63) is 12.1 Å². The van der Waals surface area contributed by atoms with E-state index in [2.05, 4.69) is 15.5 Å². The second-order valence-corrected chi connectivity index (χ2v) is 3.81. The molecular weight excluding hydrogens is 235 g/mol. The molecule has 1 saturated heterocycles. The molecule has 2 rings (SSSR count). The van der Waals surface area contributed by atoms with E-state index in [1.165, 1.54) is 6.07 Å². The third-order valence-electron chi connectivity index (χ3n) is 2.57. The Morgan fingerprint density at radius 1 is 1.35 bits per heavy atom. The van der Waals surface area contributed by atoms with Crippen molar-refractivity contribution in [3.63, 3.8) is 0 Å². The summed E-state index contributed by atoms with van der Waals surface area (Å²) < 4.78 is 37.6. The van der Waals surface area contributed by atoms with Crippen LogP contribution in [0.25, 0.3) is 0 Å². The Kier molecular flexibility index (Phi) is 3.05. The number of nitrogens with zero attached hydrogens (tertiary/aromatic N) is 3. The van der Waals surface area contributed by atoms with Gasteiger partial charge in [0, 0.05) is 19.6 Å². The highest BCUT2D eigenvalue weighted by Crippen LogP contribution is 2.24. The Hall–Kier alpha value is -1.57. The molecule has 0 saturated carbocycles. The molecule has 1 aliphatic rings. The van der Waals surface area contributed by atoms with Crippen molar-refractivity contribution in [2.45, 2.75) is 12.2 Å². The molecule has 0 spiro atoms. The van der Waals surface area contributed by atoms with E-state index in [1.54, 1.807) is 11.0 Å². The molecule has 1 aromatic rings. The van der Waals surface area contributed by atoms with E-state index in [1.807, 2.05) is 0 Å². The molecule has 17 heavy (non-hydrogen) atoms. The summed E-state index contributed by atoms with van der Waals surface area (Å²) in [6, 6.07) is 1.56. The highest BCUT2D eigenvalue weighted by Gasteiger charge is 2.42. The number of nitrogens with one attached hydrogen (secondary N) is 1. The second-order valence-electron chi connectivity index (χ2n) is 3.81. The highest BCUT2D eigenvalue weighted by molar-refractivity contribution is 5.42. The fourth-order valence-corrected chi connectivity index (χ4v) is 1.68. The zero-order chi connectivity index (χ0) is 12.5. The van der Waals surface area contributed by atoms with Crippen LogP contribution in [0.5, 0.6) is 0 Å². The van der Waals surface area contributed by atoms with Crippen molar-refractivity contribution in [2.24, 2.45) is 0 Å². The van der Waals surface area contributed by atoms with E-state index >= 15 is 0 Å². The number of hydrogen-bond donors (Lipinski definition) is 2. The molecule has 1 atom stereocenters. The predicted molar refractivity (Wildman–Crippen MR) is 56.5 cm³/mol. The molecule has 8 heteroatoms. The Morgan fingerprint density at radius 2 is 2.12 bits per heavy atom. The lowest BCUT2D eigenvalue weighted by atomic mass is 10.2. The van der Waals surface area contributed by atoms with Gasteiger partial charge in [-0.2, -0.15) is 13.2 Å². The first-order valence-electron chi connectivity index (χ1n) is 5.11. The third kappa shape index (κ3) is 2.76. The smallest absolute Gasteiger partial charge is 0.382 e. The number of aromatic nitrogens is 2. The van der Waals surface area contributed by atoms with E-state index in [0.29, 0.717) is 12.4 Å². The number of halogens is 3. The molecule has 1 aliphatic heterocycles. The molecule has 0 unspecified atom stereocenters. The van der Waals surface area contributed by atoms with Gasteiger partial charge in [0.15, 0.2) is 5.82 Å². The van der Waals surface area contributed by atoms with Crippen LogP contribution in [0.2, 0.25) is 0 Å². The predicted octanol–water partition coefficient (Wildman–Crippen LogP) is 0.399. The Morgan fingerprint density at radius 3 is 2.71 bits per heavy atom. The summed E-state index contributed by atoms with van der Waals surface area (Å²) in [4.78, 5) is 1.54. The molecule has 5 nitrogen and oxygen atoms in total. The van der Waals surface area contributed by atoms with Crippen LogP contribution in [0, 0.1) is 0 Å². The van der Waals surface area contributed by atoms with E-state index in [4.69, 9.17) is 5.73 Å². The number of piperazine rings is 1. The van der Waals surface area contributed by atoms with E-state index in [0.717, 1.165) is 0 Å². The molecule has 3 N–H and O–H groups in total. The summed E-state index contributed by atoms with van der Waals surface area (Å²) in [5.74, 6) is 0.659. The van der Waals surface area contributed by atoms with Crippen LogP contribution in [-0.2, 0) is 0 Å². The molecule has 0 aliphatic carbocycles. The van der Waals surface area contributed by atoms with E-state index in [9.17, 15) is 13.2 Å². The molecule has 0 amide bonds. The summed E-state index contributed by atoms with van der Waals surface area (Å²) in [6.45, 7) is 0.559. The molecule has 94 valence electrons. The maximum Gasteiger partial charge on any atom is 0.405 e. The van der Waals surface area contributed by atoms with Crippen molar-refractivity contribution in [2.75, 3.05) is 30.3 Å². The zero-order valence-corrected chi connectivity index (χ0v) is 8.91. The number of rotatable bonds is 1. The highest BCUT2D eigenvalue weighted by atomic mass is 19.4. The van der Waals surface area contributed by atoms with Crippen LogP contribution >= 0.6 is 0 Å². The molecule has 1 fully saturated rings. The minimum atomic E-state index is -4.25. The van der Waals surface area contributed by atoms with Gasteiger partial charge in [-0.05, 0) is 12.1 Å². The maximum absolute atomic E-state index is 12.5. The average molecular weight is 247 g/mol. The molecular formula is C9H12F3N5. The quantitative estimate of drug-likeness (QED) is 0.752. The minimum absolute atomic E-state index is 0.165. The van der Waals surface area contributed by atoms with Gasteiger partial charge in [-0.25, -0.2) is 0 Å². The number of nitrogen functional groups attached to an aromatic ring is 1. The Balaban J connectivity index is 2.09. The van der Waals surface area contributed by atoms with Crippen molar-refractivity contribution in [1.29, 1.82) is 0 Å². The van der Waals surface area contributed by atoms with Gasteiger partial charge in [-0.3, -0.25) is 0 Å². The fraction of sp³-hybridized carbons (Fsp3) is 0.556. The van der Waals surface area contributed by atoms with Crippen molar-refractivity contribution < 1.29 is 13.2 Å². The zero-order valence-electron chi connectivity index (χ0n) is 8.91. The van der Waals surface area contributed by atoms with E-state index < -0.39 is 12.2 Å². The van der Waals surface area contributed by atoms with Gasteiger partial charge >= 0.3 is 6.18 Å². The van der Waals surface area contributed by atoms with Gasteiger partial charge < -0.3 is 16.0 Å². The number of hydrogen-bond acceptors (Lipinski definition) is 5. The normalized spacial score (nSPS) is 21.6. The van der Waals surface area contributed by atoms with Crippen LogP contribution in [-0.4, -0.2) is 42.0 Å². The lowest BCUT2D eigenvalue weighted by Crippen LogP contribution is -2.57. The summed E-state index contributed by atoms with van der Waals surface area (Å²) in [5.41, 5.74) is 5.37.